The van der Waals surface area contributed by atoms with Gasteiger partial charge in [-0.1, -0.05) is 58.9 Å². The van der Waals surface area contributed by atoms with Gasteiger partial charge in [-0.05, 0) is 25.4 Å². The van der Waals surface area contributed by atoms with Crippen molar-refractivity contribution in [3.63, 3.8) is 0 Å². The van der Waals surface area contributed by atoms with E-state index in [1.807, 2.05) is 0 Å². The largest absolute Gasteiger partial charge is 0.392 e. The lowest BCUT2D eigenvalue weighted by molar-refractivity contribution is 0.154. The van der Waals surface area contributed by atoms with Gasteiger partial charge >= 0.3 is 0 Å². The number of rotatable bonds is 6. The summed E-state index contributed by atoms with van der Waals surface area (Å²) in [5.74, 6) is 0. The minimum atomic E-state index is -1.40. The lowest BCUT2D eigenvalue weighted by atomic mass is 10.1. The molecule has 1 fully saturated rings. The number of hydrogen-bond donors (Lipinski definition) is 2. The third kappa shape index (κ3) is 3.83. The van der Waals surface area contributed by atoms with Crippen LogP contribution in [0.4, 0.5) is 0 Å². The Balaban J connectivity index is 3.23. The summed E-state index contributed by atoms with van der Waals surface area (Å²) in [4.78, 5) is 0. The molecule has 0 bridgehead atoms. The maximum absolute atomic E-state index is 11.0. The van der Waals surface area contributed by atoms with E-state index in [2.05, 4.69) is 64.2 Å². The first-order valence-electron chi connectivity index (χ1n) is 8.65. The van der Waals surface area contributed by atoms with Gasteiger partial charge in [0.15, 0.2) is 0 Å². The highest BCUT2D eigenvalue weighted by molar-refractivity contribution is 7.89. The van der Waals surface area contributed by atoms with Crippen molar-refractivity contribution in [1.29, 1.82) is 0 Å². The van der Waals surface area contributed by atoms with E-state index >= 15 is 0 Å². The second kappa shape index (κ2) is 6.36. The van der Waals surface area contributed by atoms with Crippen molar-refractivity contribution in [3.8, 4) is 0 Å². The zero-order valence-corrected chi connectivity index (χ0v) is 19.9. The van der Waals surface area contributed by atoms with Crippen LogP contribution in [0.15, 0.2) is 0 Å². The van der Waals surface area contributed by atoms with Crippen molar-refractivity contribution in [3.05, 3.63) is 0 Å². The average molecular weight is 362 g/mol. The molecule has 0 aliphatic carbocycles. The molecule has 0 spiro atoms. The zero-order valence-electron chi connectivity index (χ0n) is 15.9. The van der Waals surface area contributed by atoms with Crippen LogP contribution < -0.4 is 5.32 Å². The topological polar surface area (TPSA) is 32.3 Å². The number of hydrogen-bond acceptors (Lipinski definition) is 2. The number of nitrogens with one attached hydrogen (secondary N) is 1. The van der Waals surface area contributed by atoms with Gasteiger partial charge in [-0.2, -0.15) is 0 Å². The Kier molecular flexibility index (Phi) is 6.00. The molecule has 2 atom stereocenters. The maximum Gasteiger partial charge on any atom is 0.0664 e. The van der Waals surface area contributed by atoms with Gasteiger partial charge in [0.05, 0.1) is 6.10 Å². The molecular formula is C15H39NOSi4. The van der Waals surface area contributed by atoms with Crippen molar-refractivity contribution in [2.75, 3.05) is 6.54 Å². The average Bonchev–Trinajstić information content (AvgIpc) is 2.72. The molecule has 0 radical (unpaired) electrons. The first-order valence-corrected chi connectivity index (χ1v) is 24.4. The highest BCUT2D eigenvalue weighted by atomic mass is 29.9. The van der Waals surface area contributed by atoms with E-state index in [0.717, 1.165) is 6.54 Å². The van der Waals surface area contributed by atoms with Crippen molar-refractivity contribution in [2.45, 2.75) is 90.0 Å². The first-order chi connectivity index (χ1) is 9.24. The Morgan fingerprint density at radius 2 is 1.33 bits per heavy atom. The molecule has 0 aromatic rings. The second-order valence-electron chi connectivity index (χ2n) is 10.1. The molecule has 126 valence electrons. The van der Waals surface area contributed by atoms with E-state index in [1.165, 1.54) is 18.9 Å². The summed E-state index contributed by atoms with van der Waals surface area (Å²) in [6, 6.07) is 1.56. The SMILES string of the molecule is C[Si](C)(C)[Si](C[C@@H](O)C1CCCN1)([Si](C)(C)C)[Si](C)(C)C. The van der Waals surface area contributed by atoms with Crippen LogP contribution in [0.3, 0.4) is 0 Å². The van der Waals surface area contributed by atoms with E-state index in [0.29, 0.717) is 6.04 Å². The summed E-state index contributed by atoms with van der Waals surface area (Å²) in [6.45, 7) is 23.2. The van der Waals surface area contributed by atoms with Crippen LogP contribution in [0, 0.1) is 0 Å². The van der Waals surface area contributed by atoms with Crippen molar-refractivity contribution in [2.24, 2.45) is 0 Å². The summed E-state index contributed by atoms with van der Waals surface area (Å²) < 4.78 is 0. The highest BCUT2D eigenvalue weighted by Gasteiger charge is 2.61. The van der Waals surface area contributed by atoms with Gasteiger partial charge in [-0.15, -0.1) is 0 Å². The molecule has 0 aromatic carbocycles. The fraction of sp³-hybridized carbons (Fsp3) is 1.00. The molecule has 0 amide bonds. The Morgan fingerprint density at radius 1 is 0.905 bits per heavy atom. The van der Waals surface area contributed by atoms with Gasteiger partial charge in [-0.25, -0.2) is 0 Å². The quantitative estimate of drug-likeness (QED) is 0.705. The van der Waals surface area contributed by atoms with E-state index in [4.69, 9.17) is 0 Å². The van der Waals surface area contributed by atoms with Gasteiger partial charge in [0, 0.05) is 35.4 Å². The summed E-state index contributed by atoms with van der Waals surface area (Å²) >= 11 is 0. The maximum atomic E-state index is 11.0. The predicted molar refractivity (Wildman–Crippen MR) is 108 cm³/mol. The van der Waals surface area contributed by atoms with Crippen LogP contribution in [0.25, 0.3) is 0 Å². The van der Waals surface area contributed by atoms with Gasteiger partial charge in [0.25, 0.3) is 0 Å². The molecule has 2 nitrogen and oxygen atoms in total. The fourth-order valence-corrected chi connectivity index (χ4v) is 104. The van der Waals surface area contributed by atoms with E-state index in [-0.39, 0.29) is 6.10 Å². The second-order valence-corrected chi connectivity index (χ2v) is 51.5. The molecule has 21 heavy (non-hydrogen) atoms. The molecule has 1 heterocycles. The van der Waals surface area contributed by atoms with Crippen LogP contribution in [0.5, 0.6) is 0 Å². The van der Waals surface area contributed by atoms with Crippen molar-refractivity contribution >= 4 is 29.4 Å². The van der Waals surface area contributed by atoms with Gasteiger partial charge in [-0.3, -0.25) is 0 Å². The third-order valence-electron chi connectivity index (χ3n) is 5.92. The zero-order chi connectivity index (χ0) is 16.7. The highest BCUT2D eigenvalue weighted by Crippen LogP contribution is 2.41. The molecule has 6 heteroatoms. The van der Waals surface area contributed by atoms with Crippen molar-refractivity contribution in [1.82, 2.24) is 5.32 Å². The van der Waals surface area contributed by atoms with Crippen LogP contribution in [-0.2, 0) is 0 Å². The lowest BCUT2D eigenvalue weighted by Gasteiger charge is -2.58. The number of aliphatic hydroxyl groups excluding tert-OH is 1. The minimum absolute atomic E-state index is 0.0932. The molecule has 0 aromatic heterocycles. The smallest absolute Gasteiger partial charge is 0.0664 e. The Labute approximate surface area is 136 Å². The number of aliphatic hydroxyl groups is 1. The van der Waals surface area contributed by atoms with Crippen LogP contribution in [0.2, 0.25) is 65.0 Å². The van der Waals surface area contributed by atoms with Gasteiger partial charge in [0.2, 0.25) is 0 Å². The molecule has 1 aliphatic heterocycles. The van der Waals surface area contributed by atoms with Crippen LogP contribution in [-0.4, -0.2) is 53.2 Å². The Hall–Kier alpha value is 0.788. The summed E-state index contributed by atoms with van der Waals surface area (Å²) in [5.41, 5.74) is 0. The Morgan fingerprint density at radius 3 is 1.62 bits per heavy atom. The predicted octanol–water partition coefficient (Wildman–Crippen LogP) is 3.80. The monoisotopic (exact) mass is 361 g/mol. The van der Waals surface area contributed by atoms with Crippen molar-refractivity contribution < 1.29 is 5.11 Å². The van der Waals surface area contributed by atoms with Gasteiger partial charge < -0.3 is 10.4 Å². The molecule has 1 aliphatic rings. The molecule has 0 saturated carbocycles. The van der Waals surface area contributed by atoms with E-state index in [9.17, 15) is 5.11 Å². The van der Waals surface area contributed by atoms with E-state index < -0.39 is 29.4 Å². The van der Waals surface area contributed by atoms with Gasteiger partial charge in [0.1, 0.15) is 0 Å². The molecule has 2 N–H and O–H groups in total. The third-order valence-corrected chi connectivity index (χ3v) is 80.0. The standard InChI is InChI=1S/C15H39NOSi4/c1-18(2,3)21(19(4,5)6,20(7,8)9)13-15(17)14-11-10-12-16-14/h14-17H,10-13H2,1-9H3/t14?,15-/m1/s1. The Bertz CT molecular complexity index is 312. The molecule has 1 saturated heterocycles. The molecule has 1 unspecified atom stereocenters. The lowest BCUT2D eigenvalue weighted by Crippen LogP contribution is -2.83. The normalized spacial score (nSPS) is 23.4. The summed E-state index contributed by atoms with van der Waals surface area (Å²) in [5, 5.41) is 14.6. The fourth-order valence-electron chi connectivity index (χ4n) is 5.79. The summed E-state index contributed by atoms with van der Waals surface area (Å²) in [7, 11) is -3.74. The van der Waals surface area contributed by atoms with Crippen LogP contribution in [0.1, 0.15) is 12.8 Å². The molecular weight excluding hydrogens is 323 g/mol. The first kappa shape index (κ1) is 19.8. The summed E-state index contributed by atoms with van der Waals surface area (Å²) in [6.07, 6.45) is 2.32. The van der Waals surface area contributed by atoms with E-state index in [1.54, 1.807) is 0 Å². The van der Waals surface area contributed by atoms with Crippen LogP contribution >= 0.6 is 0 Å². The minimum Gasteiger partial charge on any atom is -0.392 e. The molecule has 1 rings (SSSR count).